The molecule has 2 unspecified atom stereocenters. The second-order valence-corrected chi connectivity index (χ2v) is 10.5. The van der Waals surface area contributed by atoms with E-state index in [-0.39, 0.29) is 36.0 Å². The highest BCUT2D eigenvalue weighted by Gasteiger charge is 2.41. The first-order valence-corrected chi connectivity index (χ1v) is 12.4. The van der Waals surface area contributed by atoms with Gasteiger partial charge in [-0.15, -0.1) is 0 Å². The van der Waals surface area contributed by atoms with E-state index in [2.05, 4.69) is 24.1 Å². The fourth-order valence-corrected chi connectivity index (χ4v) is 5.78. The van der Waals surface area contributed by atoms with Gasteiger partial charge in [-0.2, -0.15) is 0 Å². The third-order valence-corrected chi connectivity index (χ3v) is 7.44. The van der Waals surface area contributed by atoms with Crippen LogP contribution >= 0.6 is 0 Å². The topological polar surface area (TPSA) is 78.7 Å². The van der Waals surface area contributed by atoms with Crippen molar-refractivity contribution >= 4 is 11.8 Å². The van der Waals surface area contributed by atoms with Crippen molar-refractivity contribution in [3.63, 3.8) is 0 Å². The van der Waals surface area contributed by atoms with E-state index >= 15 is 0 Å². The lowest BCUT2D eigenvalue weighted by Crippen LogP contribution is -2.49. The molecular formula is C24H44N4O2. The fourth-order valence-electron chi connectivity index (χ4n) is 5.78. The third kappa shape index (κ3) is 6.43. The van der Waals surface area contributed by atoms with Crippen LogP contribution in [0.1, 0.15) is 85.0 Å². The predicted molar refractivity (Wildman–Crippen MR) is 121 cm³/mol. The zero-order valence-electron chi connectivity index (χ0n) is 19.4. The van der Waals surface area contributed by atoms with Gasteiger partial charge in [-0.05, 0) is 56.8 Å². The number of nitrogens with zero attached hydrogens (tertiary/aromatic N) is 2. The summed E-state index contributed by atoms with van der Waals surface area (Å²) in [5, 5.41) is 3.24. The number of carbonyl (C=O) groups is 2. The van der Waals surface area contributed by atoms with Gasteiger partial charge in [0.1, 0.15) is 6.04 Å². The molecule has 0 radical (unpaired) electrons. The molecule has 3 fully saturated rings. The van der Waals surface area contributed by atoms with Crippen molar-refractivity contribution in [2.24, 2.45) is 17.6 Å². The van der Waals surface area contributed by atoms with Gasteiger partial charge in [-0.3, -0.25) is 14.5 Å². The molecule has 6 heteroatoms. The van der Waals surface area contributed by atoms with E-state index in [0.717, 1.165) is 51.1 Å². The number of hydrogen-bond acceptors (Lipinski definition) is 4. The van der Waals surface area contributed by atoms with Crippen molar-refractivity contribution in [1.29, 1.82) is 0 Å². The van der Waals surface area contributed by atoms with Crippen molar-refractivity contribution < 1.29 is 9.59 Å². The molecule has 2 aliphatic carbocycles. The molecule has 0 spiro atoms. The van der Waals surface area contributed by atoms with Gasteiger partial charge < -0.3 is 16.0 Å². The van der Waals surface area contributed by atoms with Gasteiger partial charge >= 0.3 is 0 Å². The Bertz CT molecular complexity index is 568. The van der Waals surface area contributed by atoms with Crippen molar-refractivity contribution in [1.82, 2.24) is 15.1 Å². The van der Waals surface area contributed by atoms with Crippen LogP contribution in [0.3, 0.4) is 0 Å². The van der Waals surface area contributed by atoms with E-state index in [1.165, 1.54) is 32.1 Å². The molecule has 172 valence electrons. The molecule has 1 heterocycles. The largest absolute Gasteiger partial charge is 0.352 e. The van der Waals surface area contributed by atoms with Gasteiger partial charge in [0.2, 0.25) is 11.8 Å². The summed E-state index contributed by atoms with van der Waals surface area (Å²) in [6.45, 7) is 8.98. The van der Waals surface area contributed by atoms with Crippen LogP contribution in [0.15, 0.2) is 0 Å². The van der Waals surface area contributed by atoms with Crippen molar-refractivity contribution in [2.45, 2.75) is 109 Å². The SMILES string of the molecule is CC(=O)N1CC(N(CC(C)C)CC2CCCCC2)CC1C(=O)NC1CCC(N)CC1. The van der Waals surface area contributed by atoms with Crippen LogP contribution < -0.4 is 11.1 Å². The number of hydrogen-bond donors (Lipinski definition) is 2. The summed E-state index contributed by atoms with van der Waals surface area (Å²) in [5.74, 6) is 1.40. The van der Waals surface area contributed by atoms with E-state index in [9.17, 15) is 9.59 Å². The molecule has 0 aromatic heterocycles. The molecule has 3 aliphatic rings. The first kappa shape index (κ1) is 23.5. The highest BCUT2D eigenvalue weighted by Crippen LogP contribution is 2.29. The summed E-state index contributed by atoms with van der Waals surface area (Å²) < 4.78 is 0. The number of nitrogens with one attached hydrogen (secondary N) is 1. The Kier molecular flexibility index (Phi) is 8.58. The number of carbonyl (C=O) groups excluding carboxylic acids is 2. The lowest BCUT2D eigenvalue weighted by Gasteiger charge is -2.35. The Labute approximate surface area is 183 Å². The normalized spacial score (nSPS) is 30.8. The van der Waals surface area contributed by atoms with Crippen LogP contribution in [0.2, 0.25) is 0 Å². The Morgan fingerprint density at radius 1 is 1.07 bits per heavy atom. The molecule has 2 amide bonds. The summed E-state index contributed by atoms with van der Waals surface area (Å²) in [6, 6.07) is 0.434. The van der Waals surface area contributed by atoms with E-state index in [1.54, 1.807) is 6.92 Å². The molecule has 6 nitrogen and oxygen atoms in total. The van der Waals surface area contributed by atoms with Gasteiger partial charge in [0, 0.05) is 44.7 Å². The standard InChI is InChI=1S/C24H44N4O2/c1-17(2)14-27(15-19-7-5-4-6-8-19)22-13-23(28(16-22)18(3)29)24(30)26-21-11-9-20(25)10-12-21/h17,19-23H,4-16,25H2,1-3H3,(H,26,30). The van der Waals surface area contributed by atoms with E-state index in [1.807, 2.05) is 4.90 Å². The minimum absolute atomic E-state index is 0.0190. The van der Waals surface area contributed by atoms with Crippen LogP contribution in [0.4, 0.5) is 0 Å². The molecule has 0 aromatic carbocycles. The maximum absolute atomic E-state index is 13.1. The number of amides is 2. The Hall–Kier alpha value is -1.14. The Morgan fingerprint density at radius 3 is 2.33 bits per heavy atom. The predicted octanol–water partition coefficient (Wildman–Crippen LogP) is 2.90. The van der Waals surface area contributed by atoms with Crippen LogP contribution in [-0.2, 0) is 9.59 Å². The van der Waals surface area contributed by atoms with Gasteiger partial charge in [-0.25, -0.2) is 0 Å². The zero-order chi connectivity index (χ0) is 21.7. The summed E-state index contributed by atoms with van der Waals surface area (Å²) in [6.07, 6.45) is 11.3. The second kappa shape index (κ2) is 10.9. The minimum atomic E-state index is -0.330. The summed E-state index contributed by atoms with van der Waals surface area (Å²) in [4.78, 5) is 29.9. The number of likely N-dealkylation sites (tertiary alicyclic amines) is 1. The lowest BCUT2D eigenvalue weighted by molar-refractivity contribution is -0.137. The van der Waals surface area contributed by atoms with Gasteiger partial charge in [0.05, 0.1) is 0 Å². The summed E-state index contributed by atoms with van der Waals surface area (Å²) >= 11 is 0. The number of nitrogens with two attached hydrogens (primary N) is 1. The highest BCUT2D eigenvalue weighted by molar-refractivity contribution is 5.87. The molecular weight excluding hydrogens is 376 g/mol. The first-order valence-electron chi connectivity index (χ1n) is 12.4. The molecule has 3 rings (SSSR count). The summed E-state index contributed by atoms with van der Waals surface area (Å²) in [5.41, 5.74) is 6.01. The molecule has 3 N–H and O–H groups in total. The maximum atomic E-state index is 13.1. The second-order valence-electron chi connectivity index (χ2n) is 10.5. The average molecular weight is 421 g/mol. The van der Waals surface area contributed by atoms with E-state index in [0.29, 0.717) is 12.5 Å². The van der Waals surface area contributed by atoms with Gasteiger partial charge in [-0.1, -0.05) is 33.1 Å². The molecule has 2 saturated carbocycles. The minimum Gasteiger partial charge on any atom is -0.352 e. The van der Waals surface area contributed by atoms with Gasteiger partial charge in [0.15, 0.2) is 0 Å². The summed E-state index contributed by atoms with van der Waals surface area (Å²) in [7, 11) is 0. The molecule has 30 heavy (non-hydrogen) atoms. The van der Waals surface area contributed by atoms with Crippen molar-refractivity contribution in [2.75, 3.05) is 19.6 Å². The maximum Gasteiger partial charge on any atom is 0.243 e. The van der Waals surface area contributed by atoms with Crippen molar-refractivity contribution in [3.05, 3.63) is 0 Å². The molecule has 0 aromatic rings. The molecule has 1 saturated heterocycles. The highest BCUT2D eigenvalue weighted by atomic mass is 16.2. The monoisotopic (exact) mass is 420 g/mol. The number of rotatable bonds is 7. The zero-order valence-corrected chi connectivity index (χ0v) is 19.4. The third-order valence-electron chi connectivity index (χ3n) is 7.44. The van der Waals surface area contributed by atoms with Crippen LogP contribution in [0.25, 0.3) is 0 Å². The molecule has 1 aliphatic heterocycles. The van der Waals surface area contributed by atoms with Crippen LogP contribution in [-0.4, -0.2) is 65.4 Å². The van der Waals surface area contributed by atoms with Crippen LogP contribution in [0, 0.1) is 11.8 Å². The molecule has 0 bridgehead atoms. The van der Waals surface area contributed by atoms with Gasteiger partial charge in [0.25, 0.3) is 0 Å². The average Bonchev–Trinajstić information content (AvgIpc) is 3.16. The lowest BCUT2D eigenvalue weighted by atomic mass is 9.88. The Morgan fingerprint density at radius 2 is 1.73 bits per heavy atom. The quantitative estimate of drug-likeness (QED) is 0.664. The fraction of sp³-hybridized carbons (Fsp3) is 0.917. The molecule has 2 atom stereocenters. The Balaban J connectivity index is 1.64. The van der Waals surface area contributed by atoms with Crippen LogP contribution in [0.5, 0.6) is 0 Å². The first-order chi connectivity index (χ1) is 14.3. The van der Waals surface area contributed by atoms with E-state index in [4.69, 9.17) is 5.73 Å². The van der Waals surface area contributed by atoms with Crippen molar-refractivity contribution in [3.8, 4) is 0 Å². The smallest absolute Gasteiger partial charge is 0.243 e. The van der Waals surface area contributed by atoms with E-state index < -0.39 is 0 Å².